The molecule has 0 fully saturated rings. The first-order valence-corrected chi connectivity index (χ1v) is 13.2. The lowest BCUT2D eigenvalue weighted by Crippen LogP contribution is -2.13. The Morgan fingerprint density at radius 2 is 1.23 bits per heavy atom. The Morgan fingerprint density at radius 1 is 0.675 bits per heavy atom. The van der Waals surface area contributed by atoms with Crippen molar-refractivity contribution in [1.29, 1.82) is 0 Å². The third-order valence-corrected chi connectivity index (χ3v) is 5.73. The first-order chi connectivity index (χ1) is 19.5. The molecule has 2 heterocycles. The van der Waals surface area contributed by atoms with E-state index in [-0.39, 0.29) is 23.5 Å². The summed E-state index contributed by atoms with van der Waals surface area (Å²) in [6.07, 6.45) is 2.51. The van der Waals surface area contributed by atoms with E-state index in [0.717, 1.165) is 23.0 Å². The van der Waals surface area contributed by atoms with Gasteiger partial charge in [0.15, 0.2) is 0 Å². The van der Waals surface area contributed by atoms with Crippen molar-refractivity contribution in [2.75, 3.05) is 34.4 Å². The number of benzene rings is 3. The summed E-state index contributed by atoms with van der Waals surface area (Å²) in [5.74, 6) is 0.185. The maximum absolute atomic E-state index is 13.3. The summed E-state index contributed by atoms with van der Waals surface area (Å²) in [6.45, 7) is 5.28. The zero-order valence-corrected chi connectivity index (χ0v) is 22.8. The van der Waals surface area contributed by atoms with Crippen LogP contribution in [0.5, 0.6) is 0 Å². The van der Waals surface area contributed by atoms with Gasteiger partial charge in [-0.05, 0) is 79.2 Å². The molecule has 0 spiro atoms. The SMILES string of the molecule is CC.Fc1ccc(Nc2nc(NCCCNc3ccnc4cc(Cl)ccc34)nc(Nc3ccc(F)cc3)n2)cc1. The van der Waals surface area contributed by atoms with Crippen molar-refractivity contribution in [3.8, 4) is 0 Å². The number of anilines is 6. The van der Waals surface area contributed by atoms with Gasteiger partial charge in [-0.25, -0.2) is 8.78 Å². The summed E-state index contributed by atoms with van der Waals surface area (Å²) in [4.78, 5) is 17.6. The fourth-order valence-electron chi connectivity index (χ4n) is 3.68. The number of hydrogen-bond donors (Lipinski definition) is 4. The van der Waals surface area contributed by atoms with Crippen molar-refractivity contribution < 1.29 is 8.78 Å². The summed E-state index contributed by atoms with van der Waals surface area (Å²) in [7, 11) is 0. The molecule has 4 N–H and O–H groups in total. The van der Waals surface area contributed by atoms with Crippen molar-refractivity contribution >= 4 is 57.4 Å². The van der Waals surface area contributed by atoms with Gasteiger partial charge in [-0.3, -0.25) is 4.98 Å². The minimum atomic E-state index is -0.343. The topological polar surface area (TPSA) is 99.7 Å². The van der Waals surface area contributed by atoms with Gasteiger partial charge in [0.2, 0.25) is 17.8 Å². The Labute approximate surface area is 236 Å². The first kappa shape index (κ1) is 28.4. The zero-order chi connectivity index (χ0) is 28.3. The van der Waals surface area contributed by atoms with Gasteiger partial charge in [-0.15, -0.1) is 0 Å². The smallest absolute Gasteiger partial charge is 0.233 e. The van der Waals surface area contributed by atoms with E-state index in [1.807, 2.05) is 38.1 Å². The van der Waals surface area contributed by atoms with E-state index in [1.165, 1.54) is 24.3 Å². The standard InChI is InChI=1S/C27H23ClF2N8.C2H6/c28-17-2-11-22-23(12-15-32-24(22)16-17)31-13-1-14-33-25-36-26(34-20-7-3-18(29)4-8-20)38-27(37-25)35-21-9-5-19(30)6-10-21;1-2/h2-12,15-16H,1,13-14H2,(H,31,32)(H3,33,34,35,36,37,38);1-2H3. The Balaban J connectivity index is 0.00000181. The lowest BCUT2D eigenvalue weighted by molar-refractivity contribution is 0.627. The van der Waals surface area contributed by atoms with Gasteiger partial charge in [0.1, 0.15) is 11.6 Å². The van der Waals surface area contributed by atoms with Gasteiger partial charge >= 0.3 is 0 Å². The molecule has 0 unspecified atom stereocenters. The van der Waals surface area contributed by atoms with E-state index in [0.29, 0.717) is 35.4 Å². The second-order valence-corrected chi connectivity index (χ2v) is 8.73. The molecule has 206 valence electrons. The Morgan fingerprint density at radius 3 is 1.82 bits per heavy atom. The molecule has 3 aromatic carbocycles. The van der Waals surface area contributed by atoms with Gasteiger partial charge < -0.3 is 21.3 Å². The molecule has 5 rings (SSSR count). The van der Waals surface area contributed by atoms with Crippen LogP contribution in [0.1, 0.15) is 20.3 Å². The van der Waals surface area contributed by atoms with E-state index < -0.39 is 0 Å². The quantitative estimate of drug-likeness (QED) is 0.128. The lowest BCUT2D eigenvalue weighted by Gasteiger charge is -2.12. The highest BCUT2D eigenvalue weighted by molar-refractivity contribution is 6.31. The fraction of sp³-hybridized carbons (Fsp3) is 0.172. The number of rotatable bonds is 10. The molecule has 2 aromatic heterocycles. The van der Waals surface area contributed by atoms with Gasteiger partial charge in [0, 0.05) is 46.8 Å². The van der Waals surface area contributed by atoms with Crippen LogP contribution in [0.25, 0.3) is 10.9 Å². The predicted molar refractivity (Wildman–Crippen MR) is 159 cm³/mol. The van der Waals surface area contributed by atoms with Crippen molar-refractivity contribution in [3.63, 3.8) is 0 Å². The average molecular weight is 563 g/mol. The second-order valence-electron chi connectivity index (χ2n) is 8.30. The van der Waals surface area contributed by atoms with Crippen molar-refractivity contribution in [2.24, 2.45) is 0 Å². The number of hydrogen-bond acceptors (Lipinski definition) is 8. The molecule has 0 aliphatic carbocycles. The second kappa shape index (κ2) is 14.0. The molecule has 0 radical (unpaired) electrons. The molecule has 0 amide bonds. The minimum Gasteiger partial charge on any atom is -0.384 e. The summed E-state index contributed by atoms with van der Waals surface area (Å²) in [6, 6.07) is 19.3. The number of halogens is 3. The molecule has 0 saturated carbocycles. The average Bonchev–Trinajstić information content (AvgIpc) is 2.96. The van der Waals surface area contributed by atoms with Crippen LogP contribution in [0.15, 0.2) is 79.0 Å². The molecular formula is C29H29ClF2N8. The molecule has 0 bridgehead atoms. The fourth-order valence-corrected chi connectivity index (χ4v) is 3.84. The molecule has 0 saturated heterocycles. The van der Waals surface area contributed by atoms with Crippen LogP contribution in [-0.4, -0.2) is 33.0 Å². The van der Waals surface area contributed by atoms with E-state index in [9.17, 15) is 8.78 Å². The van der Waals surface area contributed by atoms with Crippen LogP contribution in [0.2, 0.25) is 5.02 Å². The lowest BCUT2D eigenvalue weighted by atomic mass is 10.2. The van der Waals surface area contributed by atoms with Crippen molar-refractivity contribution in [1.82, 2.24) is 19.9 Å². The van der Waals surface area contributed by atoms with Crippen molar-refractivity contribution in [3.05, 3.63) is 95.7 Å². The summed E-state index contributed by atoms with van der Waals surface area (Å²) < 4.78 is 26.6. The normalized spacial score (nSPS) is 10.4. The third-order valence-electron chi connectivity index (χ3n) is 5.49. The van der Waals surface area contributed by atoms with Crippen LogP contribution in [0, 0.1) is 11.6 Å². The van der Waals surface area contributed by atoms with E-state index in [2.05, 4.69) is 41.2 Å². The first-order valence-electron chi connectivity index (χ1n) is 12.9. The molecule has 0 atom stereocenters. The monoisotopic (exact) mass is 562 g/mol. The summed E-state index contributed by atoms with van der Waals surface area (Å²) in [5, 5.41) is 14.4. The largest absolute Gasteiger partial charge is 0.384 e. The molecule has 8 nitrogen and oxygen atoms in total. The Bertz CT molecular complexity index is 1470. The van der Waals surface area contributed by atoms with Crippen molar-refractivity contribution in [2.45, 2.75) is 20.3 Å². The number of aromatic nitrogens is 4. The maximum atomic E-state index is 13.3. The van der Waals surface area contributed by atoms with E-state index in [4.69, 9.17) is 11.6 Å². The van der Waals surface area contributed by atoms with E-state index in [1.54, 1.807) is 30.5 Å². The molecule has 11 heteroatoms. The maximum Gasteiger partial charge on any atom is 0.233 e. The molecule has 0 aliphatic heterocycles. The number of pyridine rings is 1. The predicted octanol–water partition coefficient (Wildman–Crippen LogP) is 7.78. The highest BCUT2D eigenvalue weighted by Crippen LogP contribution is 2.24. The van der Waals surface area contributed by atoms with Gasteiger partial charge in [-0.2, -0.15) is 15.0 Å². The van der Waals surface area contributed by atoms with E-state index >= 15 is 0 Å². The number of fused-ring (bicyclic) bond motifs is 1. The highest BCUT2D eigenvalue weighted by Gasteiger charge is 2.09. The Kier molecular flexibility index (Phi) is 9.95. The number of nitrogens with zero attached hydrogens (tertiary/aromatic N) is 4. The minimum absolute atomic E-state index is 0.263. The summed E-state index contributed by atoms with van der Waals surface area (Å²) >= 11 is 6.08. The van der Waals surface area contributed by atoms with Crippen LogP contribution in [-0.2, 0) is 0 Å². The summed E-state index contributed by atoms with van der Waals surface area (Å²) in [5.41, 5.74) is 3.04. The molecule has 0 aliphatic rings. The van der Waals surface area contributed by atoms with Gasteiger partial charge in [0.25, 0.3) is 0 Å². The molecule has 5 aromatic rings. The highest BCUT2D eigenvalue weighted by atomic mass is 35.5. The van der Waals surface area contributed by atoms with Gasteiger partial charge in [0.05, 0.1) is 5.52 Å². The van der Waals surface area contributed by atoms with Crippen LogP contribution in [0.4, 0.5) is 43.7 Å². The third kappa shape index (κ3) is 7.97. The molecular weight excluding hydrogens is 534 g/mol. The molecule has 40 heavy (non-hydrogen) atoms. The van der Waals surface area contributed by atoms with Gasteiger partial charge in [-0.1, -0.05) is 25.4 Å². The zero-order valence-electron chi connectivity index (χ0n) is 22.0. The van der Waals surface area contributed by atoms with Crippen LogP contribution >= 0.6 is 11.6 Å². The van der Waals surface area contributed by atoms with Crippen LogP contribution < -0.4 is 21.3 Å². The number of nitrogens with one attached hydrogen (secondary N) is 4. The van der Waals surface area contributed by atoms with Crippen LogP contribution in [0.3, 0.4) is 0 Å². The Hall–Kier alpha value is -4.57.